The number of benzene rings is 4. The summed E-state index contributed by atoms with van der Waals surface area (Å²) in [5, 5.41) is 2.90. The average Bonchev–Trinajstić information content (AvgIpc) is 2.93. The Morgan fingerprint density at radius 1 is 0.694 bits per heavy atom. The highest BCUT2D eigenvalue weighted by molar-refractivity contribution is 5.88. The summed E-state index contributed by atoms with van der Waals surface area (Å²) in [6.07, 6.45) is 4.22. The normalized spacial score (nSPS) is 12.2. The van der Waals surface area contributed by atoms with Crippen molar-refractivity contribution in [1.29, 1.82) is 0 Å². The Morgan fingerprint density at radius 3 is 1.53 bits per heavy atom. The maximum absolute atomic E-state index is 13.6. The summed E-state index contributed by atoms with van der Waals surface area (Å²) in [4.78, 5) is 25.8. The lowest BCUT2D eigenvalue weighted by molar-refractivity contribution is -0.127. The number of hydrogen-bond acceptors (Lipinski definition) is 2. The zero-order chi connectivity index (χ0) is 25.2. The van der Waals surface area contributed by atoms with Gasteiger partial charge in [0.25, 0.3) is 0 Å². The molecule has 4 rings (SSSR count). The first-order valence-corrected chi connectivity index (χ1v) is 12.1. The first kappa shape index (κ1) is 24.7. The van der Waals surface area contributed by atoms with Crippen LogP contribution >= 0.6 is 0 Å². The molecular weight excluding hydrogens is 444 g/mol. The van der Waals surface area contributed by atoms with Crippen LogP contribution in [0.3, 0.4) is 0 Å². The summed E-state index contributed by atoms with van der Waals surface area (Å²) in [6, 6.07) is 39.0. The maximum atomic E-state index is 13.6. The fourth-order valence-electron chi connectivity index (χ4n) is 4.61. The first-order chi connectivity index (χ1) is 17.6. The summed E-state index contributed by atoms with van der Waals surface area (Å²) in [5.74, 6) is -0.811. The predicted octanol–water partition coefficient (Wildman–Crippen LogP) is 5.48. The molecule has 0 unspecified atom stereocenters. The summed E-state index contributed by atoms with van der Waals surface area (Å²) < 4.78 is 0. The van der Waals surface area contributed by atoms with Gasteiger partial charge in [-0.1, -0.05) is 133 Å². The van der Waals surface area contributed by atoms with Crippen LogP contribution in [0.15, 0.2) is 127 Å². The van der Waals surface area contributed by atoms with E-state index in [1.807, 2.05) is 133 Å². The lowest BCUT2D eigenvalue weighted by atomic mass is 9.67. The fraction of sp³-hybridized carbons (Fsp3) is 0.125. The van der Waals surface area contributed by atoms with Crippen molar-refractivity contribution in [2.45, 2.75) is 24.3 Å². The molecule has 0 bridgehead atoms. The second-order valence-electron chi connectivity index (χ2n) is 8.75. The van der Waals surface area contributed by atoms with Gasteiger partial charge in [-0.2, -0.15) is 0 Å². The van der Waals surface area contributed by atoms with E-state index in [9.17, 15) is 9.59 Å². The molecule has 0 spiro atoms. The number of nitrogens with one attached hydrogen (secondary N) is 1. The molecule has 3 N–H and O–H groups in total. The van der Waals surface area contributed by atoms with Crippen molar-refractivity contribution in [2.75, 3.05) is 0 Å². The Bertz CT molecular complexity index is 1190. The highest BCUT2D eigenvalue weighted by atomic mass is 16.2. The molecule has 36 heavy (non-hydrogen) atoms. The third-order valence-electron chi connectivity index (χ3n) is 6.39. The zero-order valence-corrected chi connectivity index (χ0v) is 20.1. The minimum absolute atomic E-state index is 0.122. The van der Waals surface area contributed by atoms with E-state index in [1.54, 1.807) is 0 Å². The molecule has 0 saturated heterocycles. The Morgan fingerprint density at radius 2 is 1.11 bits per heavy atom. The van der Waals surface area contributed by atoms with E-state index in [2.05, 4.69) is 5.32 Å². The molecule has 4 aromatic carbocycles. The predicted molar refractivity (Wildman–Crippen MR) is 145 cm³/mol. The highest BCUT2D eigenvalue weighted by Gasteiger charge is 2.39. The number of nitrogens with two attached hydrogens (primary N) is 1. The molecule has 4 aromatic rings. The van der Waals surface area contributed by atoms with Crippen molar-refractivity contribution >= 4 is 17.9 Å². The minimum Gasteiger partial charge on any atom is -0.368 e. The second kappa shape index (κ2) is 11.8. The van der Waals surface area contributed by atoms with Gasteiger partial charge in [0.05, 0.1) is 5.41 Å². The van der Waals surface area contributed by atoms with E-state index in [4.69, 9.17) is 5.73 Å². The topological polar surface area (TPSA) is 72.2 Å². The highest BCUT2D eigenvalue weighted by Crippen LogP contribution is 2.42. The van der Waals surface area contributed by atoms with Gasteiger partial charge >= 0.3 is 0 Å². The van der Waals surface area contributed by atoms with E-state index < -0.39 is 17.4 Å². The largest absolute Gasteiger partial charge is 0.368 e. The fourth-order valence-corrected chi connectivity index (χ4v) is 4.61. The third-order valence-corrected chi connectivity index (χ3v) is 6.39. The summed E-state index contributed by atoms with van der Waals surface area (Å²) in [7, 11) is 0. The van der Waals surface area contributed by atoms with Gasteiger partial charge in [0, 0.05) is 6.42 Å². The molecule has 0 heterocycles. The molecule has 0 aromatic heterocycles. The second-order valence-corrected chi connectivity index (χ2v) is 8.75. The number of carbonyl (C=O) groups excluding carboxylic acids is 2. The quantitative estimate of drug-likeness (QED) is 0.299. The van der Waals surface area contributed by atoms with Crippen molar-refractivity contribution in [3.63, 3.8) is 0 Å². The van der Waals surface area contributed by atoms with Gasteiger partial charge in [-0.3, -0.25) is 9.59 Å². The van der Waals surface area contributed by atoms with Crippen LogP contribution < -0.4 is 11.1 Å². The van der Waals surface area contributed by atoms with Gasteiger partial charge in [-0.05, 0) is 28.7 Å². The van der Waals surface area contributed by atoms with Crippen LogP contribution in [0.5, 0.6) is 0 Å². The summed E-state index contributed by atoms with van der Waals surface area (Å²) >= 11 is 0. The Labute approximate surface area is 212 Å². The molecule has 4 nitrogen and oxygen atoms in total. The molecule has 180 valence electrons. The molecule has 0 aliphatic carbocycles. The monoisotopic (exact) mass is 474 g/mol. The maximum Gasteiger partial charge on any atom is 0.240 e. The lowest BCUT2D eigenvalue weighted by Gasteiger charge is -2.36. The van der Waals surface area contributed by atoms with Crippen LogP contribution in [0.4, 0.5) is 0 Å². The van der Waals surface area contributed by atoms with Crippen LogP contribution in [0, 0.1) is 0 Å². The van der Waals surface area contributed by atoms with E-state index in [0.717, 1.165) is 22.3 Å². The smallest absolute Gasteiger partial charge is 0.240 e. The molecule has 4 heteroatoms. The number of hydrogen-bond donors (Lipinski definition) is 2. The third kappa shape index (κ3) is 5.78. The Balaban J connectivity index is 1.66. The summed E-state index contributed by atoms with van der Waals surface area (Å²) in [6.45, 7) is 0. The van der Waals surface area contributed by atoms with Crippen molar-refractivity contribution < 1.29 is 9.59 Å². The van der Waals surface area contributed by atoms with Crippen LogP contribution in [-0.4, -0.2) is 17.9 Å². The van der Waals surface area contributed by atoms with E-state index in [0.29, 0.717) is 6.42 Å². The molecule has 0 aliphatic rings. The van der Waals surface area contributed by atoms with Gasteiger partial charge in [0.2, 0.25) is 11.8 Å². The van der Waals surface area contributed by atoms with Crippen LogP contribution in [-0.2, 0) is 15.0 Å². The van der Waals surface area contributed by atoms with E-state index in [-0.39, 0.29) is 12.3 Å². The van der Waals surface area contributed by atoms with Crippen LogP contribution in [0.2, 0.25) is 0 Å². The number of primary amides is 1. The van der Waals surface area contributed by atoms with Gasteiger partial charge in [0.1, 0.15) is 6.04 Å². The van der Waals surface area contributed by atoms with Crippen LogP contribution in [0.1, 0.15) is 35.1 Å². The van der Waals surface area contributed by atoms with Gasteiger partial charge in [-0.15, -0.1) is 0 Å². The Kier molecular flexibility index (Phi) is 8.09. The van der Waals surface area contributed by atoms with Gasteiger partial charge < -0.3 is 11.1 Å². The molecule has 0 saturated carbocycles. The number of rotatable bonds is 10. The van der Waals surface area contributed by atoms with Crippen molar-refractivity contribution in [1.82, 2.24) is 5.32 Å². The number of amides is 2. The SMILES string of the molecule is NC(=O)[C@@H](C/C=C/c1ccccc1)NC(=O)CC(c1ccccc1)(c1ccccc1)c1ccccc1. The Hall–Kier alpha value is -4.44. The zero-order valence-electron chi connectivity index (χ0n) is 20.1. The van der Waals surface area contributed by atoms with Crippen molar-refractivity contribution in [2.24, 2.45) is 5.73 Å². The van der Waals surface area contributed by atoms with E-state index in [1.165, 1.54) is 0 Å². The number of carbonyl (C=O) groups is 2. The van der Waals surface area contributed by atoms with Crippen molar-refractivity contribution in [3.05, 3.63) is 150 Å². The molecule has 0 fully saturated rings. The van der Waals surface area contributed by atoms with Gasteiger partial charge in [0.15, 0.2) is 0 Å². The minimum atomic E-state index is -0.808. The molecule has 0 aliphatic heterocycles. The van der Waals surface area contributed by atoms with E-state index >= 15 is 0 Å². The molecule has 0 radical (unpaired) electrons. The lowest BCUT2D eigenvalue weighted by Crippen LogP contribution is -2.46. The molecule has 1 atom stereocenters. The molecular formula is C32H30N2O2. The van der Waals surface area contributed by atoms with Crippen LogP contribution in [0.25, 0.3) is 6.08 Å². The van der Waals surface area contributed by atoms with Crippen molar-refractivity contribution in [3.8, 4) is 0 Å². The molecule has 2 amide bonds. The van der Waals surface area contributed by atoms with Gasteiger partial charge in [-0.25, -0.2) is 0 Å². The first-order valence-electron chi connectivity index (χ1n) is 12.1. The standard InChI is InChI=1S/C32H30N2O2/c33-31(36)29(23-13-16-25-14-5-1-6-15-25)34-30(35)24-32(26-17-7-2-8-18-26,27-19-9-3-10-20-27)28-21-11-4-12-22-28/h1-22,29H,23-24H2,(H2,33,36)(H,34,35)/b16-13+/t29-/m1/s1. The average molecular weight is 475 g/mol. The summed E-state index contributed by atoms with van der Waals surface area (Å²) in [5.41, 5.74) is 8.94.